The summed E-state index contributed by atoms with van der Waals surface area (Å²) >= 11 is 3.65. The van der Waals surface area contributed by atoms with Crippen molar-refractivity contribution in [3.05, 3.63) is 101 Å². The second-order valence-electron chi connectivity index (χ2n) is 14.2. The molecule has 0 N–H and O–H groups in total. The van der Waals surface area contributed by atoms with Crippen molar-refractivity contribution < 1.29 is 9.09 Å². The van der Waals surface area contributed by atoms with E-state index in [2.05, 4.69) is 159 Å². The molecule has 3 heterocycles. The van der Waals surface area contributed by atoms with Crippen LogP contribution in [0, 0.1) is 11.3 Å². The Morgan fingerprint density at radius 3 is 2.49 bits per heavy atom. The molecule has 2 aromatic carbocycles. The fraction of sp³-hybridized carbons (Fsp3) is 0.442. The van der Waals surface area contributed by atoms with Crippen molar-refractivity contribution in [3.63, 3.8) is 0 Å². The van der Waals surface area contributed by atoms with Gasteiger partial charge in [0.25, 0.3) is 5.01 Å². The fourth-order valence-electron chi connectivity index (χ4n) is 7.26. The summed E-state index contributed by atoms with van der Waals surface area (Å²) in [5.41, 5.74) is 6.57. The van der Waals surface area contributed by atoms with Crippen molar-refractivity contribution >= 4 is 53.0 Å². The smallest absolute Gasteiger partial charge is 0.262 e. The zero-order valence-corrected chi connectivity index (χ0v) is 34.2. The molecule has 51 heavy (non-hydrogen) atoms. The van der Waals surface area contributed by atoms with Crippen LogP contribution in [0.1, 0.15) is 91.1 Å². The second-order valence-corrected chi connectivity index (χ2v) is 18.1. The fourth-order valence-corrected chi connectivity index (χ4v) is 11.3. The maximum absolute atomic E-state index is 9.23. The Kier molecular flexibility index (Phi) is 14.3. The van der Waals surface area contributed by atoms with Gasteiger partial charge in [0.05, 0.1) is 12.7 Å². The first-order valence-electron chi connectivity index (χ1n) is 18.7. The minimum Gasteiger partial charge on any atom is -0.344 e. The molecule has 270 valence electrons. The number of para-hydroxylation sites is 1. The van der Waals surface area contributed by atoms with E-state index in [0.29, 0.717) is 18.5 Å². The largest absolute Gasteiger partial charge is 0.344 e. The van der Waals surface area contributed by atoms with Gasteiger partial charge < -0.3 is 9.42 Å². The SMILES string of the molecule is CC[n+]1c(/C=C/C=C/C=C2/N(CCCCCCOP(CCC#N)N(C(C)C)C(C)C)c3ccc(-c4cccs4)cc3C2(C)C)sc2ccccc21. The van der Waals surface area contributed by atoms with E-state index in [1.165, 1.54) is 42.6 Å². The lowest BCUT2D eigenvalue weighted by molar-refractivity contribution is -0.665. The van der Waals surface area contributed by atoms with Crippen molar-refractivity contribution in [1.82, 2.24) is 4.67 Å². The molecule has 5 rings (SSSR count). The number of thiophene rings is 1. The molecule has 1 unspecified atom stereocenters. The number of thiazole rings is 1. The summed E-state index contributed by atoms with van der Waals surface area (Å²) in [7, 11) is -0.749. The first-order chi connectivity index (χ1) is 24.7. The number of anilines is 1. The highest BCUT2D eigenvalue weighted by Crippen LogP contribution is 2.49. The molecule has 0 saturated carbocycles. The predicted molar refractivity (Wildman–Crippen MR) is 223 cm³/mol. The minimum absolute atomic E-state index is 0.111. The Bertz CT molecular complexity index is 1840. The standard InChI is InChI=1S/C43H56N4OPS2/c1-8-45-38-20-14-15-21-40(38)51-42(45)24-13-11-12-23-41-43(6,7)36-32-35(39-22-18-31-50-39)25-26-37(36)46(41)28-16-9-10-17-29-48-49(30-19-27-44)47(33(2)3)34(4)5/h11-15,18,20-26,31-34H,8-10,16-17,19,28-30H2,1-7H3/q+1. The highest BCUT2D eigenvalue weighted by atomic mass is 32.1. The molecule has 2 aromatic heterocycles. The van der Waals surface area contributed by atoms with Crippen LogP contribution in [0.15, 0.2) is 90.0 Å². The average Bonchev–Trinajstić information content (AvgIpc) is 3.82. The van der Waals surface area contributed by atoms with Gasteiger partial charge in [-0.15, -0.1) is 11.3 Å². The molecule has 1 atom stereocenters. The normalized spacial score (nSPS) is 15.8. The zero-order chi connectivity index (χ0) is 36.4. The van der Waals surface area contributed by atoms with Crippen LogP contribution >= 0.6 is 31.0 Å². The summed E-state index contributed by atoms with van der Waals surface area (Å²) in [6.07, 6.45) is 17.0. The van der Waals surface area contributed by atoms with Gasteiger partial charge in [-0.05, 0) is 94.3 Å². The van der Waals surface area contributed by atoms with Crippen LogP contribution in [0.5, 0.6) is 0 Å². The highest BCUT2D eigenvalue weighted by Gasteiger charge is 2.39. The lowest BCUT2D eigenvalue weighted by Crippen LogP contribution is -2.33. The lowest BCUT2D eigenvalue weighted by atomic mass is 9.83. The number of allylic oxidation sites excluding steroid dienone is 5. The van der Waals surface area contributed by atoms with Gasteiger partial charge in [0.15, 0.2) is 0 Å². The van der Waals surface area contributed by atoms with E-state index in [9.17, 15) is 5.26 Å². The monoisotopic (exact) mass is 739 g/mol. The maximum Gasteiger partial charge on any atom is 0.262 e. The Morgan fingerprint density at radius 2 is 1.76 bits per heavy atom. The summed E-state index contributed by atoms with van der Waals surface area (Å²) in [6.45, 7) is 18.6. The van der Waals surface area contributed by atoms with Gasteiger partial charge in [0.2, 0.25) is 5.52 Å². The third kappa shape index (κ3) is 9.47. The first kappa shape index (κ1) is 39.1. The van der Waals surface area contributed by atoms with E-state index in [1.54, 1.807) is 11.3 Å². The van der Waals surface area contributed by atoms with E-state index in [4.69, 9.17) is 4.52 Å². The minimum atomic E-state index is -0.749. The molecule has 8 heteroatoms. The quantitative estimate of drug-likeness (QED) is 0.0441. The summed E-state index contributed by atoms with van der Waals surface area (Å²) < 4.78 is 12.6. The second kappa shape index (κ2) is 18.6. The van der Waals surface area contributed by atoms with Crippen LogP contribution in [0.3, 0.4) is 0 Å². The molecule has 4 aromatic rings. The molecule has 1 aliphatic heterocycles. The lowest BCUT2D eigenvalue weighted by Gasteiger charge is -2.37. The van der Waals surface area contributed by atoms with E-state index in [-0.39, 0.29) is 5.41 Å². The van der Waals surface area contributed by atoms with Crippen LogP contribution in [-0.2, 0) is 16.5 Å². The Balaban J connectivity index is 1.26. The number of nitriles is 1. The number of unbranched alkanes of at least 4 members (excludes halogenated alkanes) is 3. The van der Waals surface area contributed by atoms with Gasteiger partial charge in [0, 0.05) is 65.0 Å². The third-order valence-electron chi connectivity index (χ3n) is 9.61. The van der Waals surface area contributed by atoms with Crippen molar-refractivity contribution in [3.8, 4) is 16.5 Å². The average molecular weight is 740 g/mol. The molecule has 0 aliphatic carbocycles. The Hall–Kier alpha value is -3.11. The van der Waals surface area contributed by atoms with E-state index < -0.39 is 8.30 Å². The van der Waals surface area contributed by atoms with Crippen LogP contribution in [0.2, 0.25) is 0 Å². The van der Waals surface area contributed by atoms with Gasteiger partial charge in [-0.25, -0.2) is 0 Å². The van der Waals surface area contributed by atoms with Crippen molar-refractivity contribution in [2.75, 3.05) is 24.2 Å². The molecule has 1 aliphatic rings. The predicted octanol–water partition coefficient (Wildman–Crippen LogP) is 12.1. The molecular weight excluding hydrogens is 684 g/mol. The van der Waals surface area contributed by atoms with Crippen LogP contribution in [0.25, 0.3) is 26.7 Å². The number of hydrogen-bond donors (Lipinski definition) is 0. The van der Waals surface area contributed by atoms with E-state index in [1.807, 2.05) is 11.3 Å². The third-order valence-corrected chi connectivity index (χ3v) is 14.2. The molecule has 0 amide bonds. The van der Waals surface area contributed by atoms with Gasteiger partial charge in [0.1, 0.15) is 19.5 Å². The first-order valence-corrected chi connectivity index (χ1v) is 21.7. The summed E-state index contributed by atoms with van der Waals surface area (Å²) in [4.78, 5) is 3.89. The van der Waals surface area contributed by atoms with E-state index >= 15 is 0 Å². The van der Waals surface area contributed by atoms with Crippen molar-refractivity contribution in [2.24, 2.45) is 0 Å². The molecule has 0 spiro atoms. The Labute approximate surface area is 316 Å². The van der Waals surface area contributed by atoms with E-state index in [0.717, 1.165) is 51.5 Å². The van der Waals surface area contributed by atoms with Crippen molar-refractivity contribution in [2.45, 2.75) is 105 Å². The molecule has 0 radical (unpaired) electrons. The number of fused-ring (bicyclic) bond motifs is 2. The van der Waals surface area contributed by atoms with Crippen molar-refractivity contribution in [1.29, 1.82) is 5.26 Å². The number of hydrogen-bond acceptors (Lipinski definition) is 6. The number of benzene rings is 2. The molecule has 0 bridgehead atoms. The van der Waals surface area contributed by atoms with Crippen LogP contribution in [0.4, 0.5) is 5.69 Å². The maximum atomic E-state index is 9.23. The van der Waals surface area contributed by atoms with Crippen LogP contribution in [-0.4, -0.2) is 36.1 Å². The van der Waals surface area contributed by atoms with Gasteiger partial charge >= 0.3 is 0 Å². The number of rotatable bonds is 18. The zero-order valence-electron chi connectivity index (χ0n) is 31.6. The van der Waals surface area contributed by atoms with Crippen LogP contribution < -0.4 is 9.47 Å². The number of aryl methyl sites for hydroxylation is 1. The van der Waals surface area contributed by atoms with Gasteiger partial charge in [-0.3, -0.25) is 4.67 Å². The highest BCUT2D eigenvalue weighted by molar-refractivity contribution is 7.50. The molecule has 0 fully saturated rings. The Morgan fingerprint density at radius 1 is 0.980 bits per heavy atom. The number of aromatic nitrogens is 1. The summed E-state index contributed by atoms with van der Waals surface area (Å²) in [5.74, 6) is 0. The van der Waals surface area contributed by atoms with Gasteiger partial charge in [-0.2, -0.15) is 9.83 Å². The summed E-state index contributed by atoms with van der Waals surface area (Å²) in [5, 5.41) is 12.7. The molecule has 5 nitrogen and oxygen atoms in total. The number of nitrogens with zero attached hydrogens (tertiary/aromatic N) is 4. The topological polar surface area (TPSA) is 43.4 Å². The molecular formula is C43H56N4OPS2+. The van der Waals surface area contributed by atoms with Gasteiger partial charge in [-0.1, -0.05) is 80.5 Å². The summed E-state index contributed by atoms with van der Waals surface area (Å²) in [6, 6.07) is 23.2. The molecule has 0 saturated heterocycles.